The van der Waals surface area contributed by atoms with Crippen LogP contribution in [-0.2, 0) is 31.0 Å². The summed E-state index contributed by atoms with van der Waals surface area (Å²) < 4.78 is 47.1. The molecule has 9 heteroatoms. The van der Waals surface area contributed by atoms with Crippen LogP contribution in [0.2, 0.25) is 0 Å². The Labute approximate surface area is 275 Å². The van der Waals surface area contributed by atoms with E-state index in [-0.39, 0.29) is 19.7 Å². The van der Waals surface area contributed by atoms with E-state index in [9.17, 15) is 9.36 Å². The Balaban J connectivity index is 1.30. The molecule has 242 valence electrons. The first kappa shape index (κ1) is 33.5. The maximum atomic E-state index is 13.1. The minimum atomic E-state index is -3.20. The molecule has 0 fully saturated rings. The predicted molar refractivity (Wildman–Crippen MR) is 180 cm³/mol. The van der Waals surface area contributed by atoms with E-state index in [1.807, 2.05) is 78.9 Å². The third-order valence-electron chi connectivity index (χ3n) is 7.46. The molecule has 47 heavy (non-hydrogen) atoms. The lowest BCUT2D eigenvalue weighted by atomic mass is 9.80. The highest BCUT2D eigenvalue weighted by molar-refractivity contribution is 7.58. The van der Waals surface area contributed by atoms with Gasteiger partial charge in [0.2, 0.25) is 0 Å². The van der Waals surface area contributed by atoms with Crippen LogP contribution < -0.4 is 14.0 Å². The fourth-order valence-corrected chi connectivity index (χ4v) is 6.14. The van der Waals surface area contributed by atoms with Crippen LogP contribution in [0, 0.1) is 0 Å². The summed E-state index contributed by atoms with van der Waals surface area (Å²) in [6.45, 7) is 1.39. The molecule has 0 amide bonds. The highest BCUT2D eigenvalue weighted by Gasteiger charge is 2.38. The van der Waals surface area contributed by atoms with Crippen LogP contribution in [0.25, 0.3) is 0 Å². The number of benzene rings is 5. The maximum Gasteiger partial charge on any atom is 0.340 e. The molecule has 0 saturated heterocycles. The number of hydrogen-bond donors (Lipinski definition) is 0. The van der Waals surface area contributed by atoms with Gasteiger partial charge in [0.1, 0.15) is 29.2 Å². The molecule has 0 aliphatic heterocycles. The summed E-state index contributed by atoms with van der Waals surface area (Å²) in [7, 11) is 0.0773. The second kappa shape index (κ2) is 15.6. The van der Waals surface area contributed by atoms with Gasteiger partial charge in [-0.05, 0) is 70.8 Å². The summed E-state index contributed by atoms with van der Waals surface area (Å²) >= 11 is 0. The van der Waals surface area contributed by atoms with Crippen molar-refractivity contribution in [2.45, 2.75) is 12.2 Å². The van der Waals surface area contributed by atoms with E-state index in [1.165, 1.54) is 6.66 Å². The van der Waals surface area contributed by atoms with Gasteiger partial charge in [-0.3, -0.25) is 4.57 Å². The molecule has 0 N–H and O–H groups in total. The van der Waals surface area contributed by atoms with E-state index >= 15 is 0 Å². The smallest absolute Gasteiger partial charge is 0.340 e. The predicted octanol–water partition coefficient (Wildman–Crippen LogP) is 8.29. The van der Waals surface area contributed by atoms with Crippen molar-refractivity contribution in [3.8, 4) is 17.2 Å². The minimum Gasteiger partial charge on any atom is -0.497 e. The summed E-state index contributed by atoms with van der Waals surface area (Å²) in [6.07, 6.45) is -0.219. The van der Waals surface area contributed by atoms with Gasteiger partial charge in [0, 0.05) is 6.66 Å². The first-order valence-corrected chi connectivity index (χ1v) is 17.2. The van der Waals surface area contributed by atoms with Gasteiger partial charge in [0.05, 0.1) is 26.4 Å². The monoisotopic (exact) mass is 652 g/mol. The van der Waals surface area contributed by atoms with Crippen LogP contribution in [0.15, 0.2) is 133 Å². The Morgan fingerprint density at radius 3 is 1.66 bits per heavy atom. The molecule has 1 atom stereocenters. The minimum absolute atomic E-state index is 0.219. The Hall–Kier alpha value is -4.88. The molecule has 0 aromatic heterocycles. The fraction of sp³-hybridized carbons (Fsp3) is 0.184. The molecule has 1 unspecified atom stereocenters. The van der Waals surface area contributed by atoms with Gasteiger partial charge in [-0.1, -0.05) is 84.9 Å². The lowest BCUT2D eigenvalue weighted by Crippen LogP contribution is -2.32. The zero-order chi connectivity index (χ0) is 33.1. The average Bonchev–Trinajstić information content (AvgIpc) is 3.12. The molecular formula is C38H37O8P. The van der Waals surface area contributed by atoms with Crippen LogP contribution >= 0.6 is 7.37 Å². The van der Waals surface area contributed by atoms with Crippen LogP contribution in [0.3, 0.4) is 0 Å². The van der Waals surface area contributed by atoms with Gasteiger partial charge in [-0.25, -0.2) is 4.79 Å². The molecule has 0 bridgehead atoms. The van der Waals surface area contributed by atoms with Crippen molar-refractivity contribution >= 4 is 13.3 Å². The second-order valence-electron chi connectivity index (χ2n) is 10.8. The maximum absolute atomic E-state index is 13.1. The van der Waals surface area contributed by atoms with Crippen molar-refractivity contribution in [3.63, 3.8) is 0 Å². The van der Waals surface area contributed by atoms with Crippen molar-refractivity contribution in [3.05, 3.63) is 161 Å². The summed E-state index contributed by atoms with van der Waals surface area (Å²) in [6, 6.07) is 41.6. The van der Waals surface area contributed by atoms with E-state index in [1.54, 1.807) is 56.7 Å². The molecule has 5 aromatic rings. The van der Waals surface area contributed by atoms with Gasteiger partial charge in [-0.15, -0.1) is 0 Å². The number of rotatable bonds is 15. The molecular weight excluding hydrogens is 615 g/mol. The summed E-state index contributed by atoms with van der Waals surface area (Å²) in [5.74, 6) is 1.38. The number of methoxy groups -OCH3 is 2. The normalized spacial score (nSPS) is 12.5. The van der Waals surface area contributed by atoms with Gasteiger partial charge in [0.25, 0.3) is 7.37 Å². The van der Waals surface area contributed by atoms with Crippen molar-refractivity contribution in [2.24, 2.45) is 0 Å². The number of ether oxygens (including phenoxy) is 5. The molecule has 0 saturated carbocycles. The van der Waals surface area contributed by atoms with Crippen molar-refractivity contribution in [2.75, 3.05) is 34.0 Å². The lowest BCUT2D eigenvalue weighted by Gasteiger charge is -2.36. The number of carbonyl (C=O) groups is 1. The lowest BCUT2D eigenvalue weighted by molar-refractivity contribution is -0.0196. The quantitative estimate of drug-likeness (QED) is 0.0367. The van der Waals surface area contributed by atoms with Gasteiger partial charge in [-0.2, -0.15) is 0 Å². The molecule has 0 radical (unpaired) electrons. The SMILES string of the molecule is COc1ccc(C(OCc2ccc(OP(C)(=O)COCOC(=O)c3ccccc3)cc2)(c2ccccc2)c2ccc(OC)cc2)cc1. The van der Waals surface area contributed by atoms with Crippen LogP contribution in [0.4, 0.5) is 0 Å². The molecule has 5 aromatic carbocycles. The third-order valence-corrected chi connectivity index (χ3v) is 8.71. The Kier molecular flexibility index (Phi) is 11.1. The van der Waals surface area contributed by atoms with Gasteiger partial charge < -0.3 is 28.2 Å². The van der Waals surface area contributed by atoms with E-state index < -0.39 is 18.9 Å². The Morgan fingerprint density at radius 2 is 1.13 bits per heavy atom. The first-order valence-electron chi connectivity index (χ1n) is 15.0. The molecule has 0 spiro atoms. The van der Waals surface area contributed by atoms with Crippen molar-refractivity contribution in [1.29, 1.82) is 0 Å². The standard InChI is InChI=1S/C38H37O8P/c1-41-34-22-16-32(17-23-34)38(31-12-8-5-9-13-31,33-18-24-35(42-2)25-19-33)45-26-29-14-20-36(21-15-29)46-47(3,40)28-43-27-44-37(39)30-10-6-4-7-11-30/h4-25H,26-28H2,1-3H3. The zero-order valence-electron chi connectivity index (χ0n) is 26.5. The molecule has 0 aliphatic rings. The van der Waals surface area contributed by atoms with E-state index in [2.05, 4.69) is 12.1 Å². The van der Waals surface area contributed by atoms with Gasteiger partial charge in [0.15, 0.2) is 6.79 Å². The zero-order valence-corrected chi connectivity index (χ0v) is 27.4. The van der Waals surface area contributed by atoms with E-state index in [0.717, 1.165) is 33.8 Å². The Morgan fingerprint density at radius 1 is 0.638 bits per heavy atom. The number of hydrogen-bond acceptors (Lipinski definition) is 8. The van der Waals surface area contributed by atoms with E-state index in [4.69, 9.17) is 28.2 Å². The summed E-state index contributed by atoms with van der Waals surface area (Å²) in [4.78, 5) is 12.1. The van der Waals surface area contributed by atoms with Crippen LogP contribution in [-0.4, -0.2) is 40.0 Å². The molecule has 5 rings (SSSR count). The van der Waals surface area contributed by atoms with Crippen molar-refractivity contribution < 1.29 is 37.6 Å². The molecule has 0 aliphatic carbocycles. The first-order chi connectivity index (χ1) is 22.8. The number of carbonyl (C=O) groups excluding carboxylic acids is 1. The summed E-state index contributed by atoms with van der Waals surface area (Å²) in [5.41, 5.74) is 3.14. The molecule has 0 heterocycles. The second-order valence-corrected chi connectivity index (χ2v) is 13.3. The summed E-state index contributed by atoms with van der Waals surface area (Å²) in [5, 5.41) is 0. The average molecular weight is 653 g/mol. The molecule has 8 nitrogen and oxygen atoms in total. The van der Waals surface area contributed by atoms with Gasteiger partial charge >= 0.3 is 5.97 Å². The topological polar surface area (TPSA) is 89.5 Å². The third kappa shape index (κ3) is 8.48. The Bertz CT molecular complexity index is 1710. The fourth-order valence-electron chi connectivity index (χ4n) is 5.12. The highest BCUT2D eigenvalue weighted by Crippen LogP contribution is 2.44. The van der Waals surface area contributed by atoms with Crippen LogP contribution in [0.5, 0.6) is 17.2 Å². The highest BCUT2D eigenvalue weighted by atomic mass is 31.2. The largest absolute Gasteiger partial charge is 0.497 e. The number of esters is 1. The van der Waals surface area contributed by atoms with E-state index in [0.29, 0.717) is 11.3 Å². The van der Waals surface area contributed by atoms with Crippen molar-refractivity contribution in [1.82, 2.24) is 0 Å². The van der Waals surface area contributed by atoms with Crippen LogP contribution in [0.1, 0.15) is 32.6 Å².